The maximum atomic E-state index is 12.8. The van der Waals surface area contributed by atoms with E-state index in [1.165, 1.54) is 19.1 Å². The zero-order chi connectivity index (χ0) is 18.6. The topological polar surface area (TPSA) is 72.0 Å². The van der Waals surface area contributed by atoms with Crippen LogP contribution in [0, 0.1) is 6.92 Å². The van der Waals surface area contributed by atoms with Crippen molar-refractivity contribution >= 4 is 17.7 Å². The Balaban J connectivity index is 2.29. The molecule has 0 aliphatic heterocycles. The summed E-state index contributed by atoms with van der Waals surface area (Å²) in [7, 11) is 0. The van der Waals surface area contributed by atoms with Crippen LogP contribution in [0.4, 0.5) is 13.2 Å². The summed E-state index contributed by atoms with van der Waals surface area (Å²) >= 11 is 1.00. The van der Waals surface area contributed by atoms with Gasteiger partial charge in [0.1, 0.15) is 10.6 Å². The average Bonchev–Trinajstić information content (AvgIpc) is 2.52. The second kappa shape index (κ2) is 7.73. The highest BCUT2D eigenvalue weighted by Gasteiger charge is 2.30. The van der Waals surface area contributed by atoms with Gasteiger partial charge in [-0.15, -0.1) is 11.8 Å². The smallest absolute Gasteiger partial charge is 0.416 e. The van der Waals surface area contributed by atoms with Crippen molar-refractivity contribution in [1.82, 2.24) is 9.97 Å². The number of halogens is 3. The molecule has 1 aromatic heterocycles. The molecule has 0 bridgehead atoms. The molecular weight excluding hydrogens is 357 g/mol. The van der Waals surface area contributed by atoms with Crippen molar-refractivity contribution in [2.24, 2.45) is 0 Å². The zero-order valence-corrected chi connectivity index (χ0v) is 14.3. The molecule has 1 N–H and O–H groups in total. The zero-order valence-electron chi connectivity index (χ0n) is 13.4. The molecule has 0 aliphatic carbocycles. The Morgan fingerprint density at radius 3 is 2.72 bits per heavy atom. The molecule has 1 aromatic carbocycles. The summed E-state index contributed by atoms with van der Waals surface area (Å²) in [4.78, 5) is 29.8. The fourth-order valence-electron chi connectivity index (χ4n) is 2.10. The molecule has 25 heavy (non-hydrogen) atoms. The molecule has 0 spiro atoms. The highest BCUT2D eigenvalue weighted by atomic mass is 32.2. The van der Waals surface area contributed by atoms with Crippen molar-refractivity contribution in [3.63, 3.8) is 0 Å². The predicted molar refractivity (Wildman–Crippen MR) is 86.6 cm³/mol. The number of carbonyl (C=O) groups excluding carboxylic acids is 1. The van der Waals surface area contributed by atoms with Gasteiger partial charge in [-0.1, -0.05) is 18.2 Å². The van der Waals surface area contributed by atoms with Crippen LogP contribution in [0.1, 0.15) is 34.1 Å². The van der Waals surface area contributed by atoms with E-state index in [1.807, 2.05) is 0 Å². The first-order valence-electron chi connectivity index (χ1n) is 7.29. The fraction of sp³-hybridized carbons (Fsp3) is 0.312. The van der Waals surface area contributed by atoms with Crippen LogP contribution in [0.3, 0.4) is 0 Å². The van der Waals surface area contributed by atoms with E-state index in [9.17, 15) is 22.8 Å². The number of rotatable bonds is 5. The summed E-state index contributed by atoms with van der Waals surface area (Å²) in [6.45, 7) is 3.32. The van der Waals surface area contributed by atoms with E-state index in [-0.39, 0.29) is 22.9 Å². The fourth-order valence-corrected chi connectivity index (χ4v) is 3.11. The van der Waals surface area contributed by atoms with Gasteiger partial charge in [0.25, 0.3) is 0 Å². The van der Waals surface area contributed by atoms with Crippen molar-refractivity contribution in [3.05, 3.63) is 57.1 Å². The van der Waals surface area contributed by atoms with Gasteiger partial charge in [-0.05, 0) is 25.5 Å². The Labute approximate surface area is 145 Å². The van der Waals surface area contributed by atoms with Crippen molar-refractivity contribution in [3.8, 4) is 0 Å². The molecule has 2 aromatic rings. The highest BCUT2D eigenvalue weighted by Crippen LogP contribution is 2.31. The van der Waals surface area contributed by atoms with Gasteiger partial charge in [-0.25, -0.2) is 9.59 Å². The Morgan fingerprint density at radius 1 is 1.36 bits per heavy atom. The van der Waals surface area contributed by atoms with Crippen LogP contribution in [-0.4, -0.2) is 22.5 Å². The molecule has 0 saturated carbocycles. The van der Waals surface area contributed by atoms with Gasteiger partial charge in [0.15, 0.2) is 0 Å². The molecule has 0 atom stereocenters. The van der Waals surface area contributed by atoms with E-state index in [0.717, 1.165) is 23.9 Å². The standard InChI is InChI=1S/C16H15F3N2O3S/c1-3-24-14(22)12-9(2)20-15(23)21-13(12)25-8-10-5-4-6-11(7-10)16(17,18)19/h4-7H,3,8H2,1-2H3,(H,20,21,23). The predicted octanol–water partition coefficient (Wildman–Crippen LogP) is 3.57. The summed E-state index contributed by atoms with van der Waals surface area (Å²) in [5.74, 6) is -0.526. The molecule has 2 rings (SSSR count). The number of nitrogens with one attached hydrogen (secondary N) is 1. The summed E-state index contributed by atoms with van der Waals surface area (Å²) < 4.78 is 43.2. The van der Waals surface area contributed by atoms with Gasteiger partial charge in [0, 0.05) is 11.4 Å². The number of thioether (sulfide) groups is 1. The Bertz CT molecular complexity index is 834. The van der Waals surface area contributed by atoms with Crippen molar-refractivity contribution in [2.45, 2.75) is 30.8 Å². The van der Waals surface area contributed by atoms with E-state index < -0.39 is 23.4 Å². The molecule has 9 heteroatoms. The lowest BCUT2D eigenvalue weighted by Crippen LogP contribution is -2.19. The van der Waals surface area contributed by atoms with E-state index in [1.54, 1.807) is 6.92 Å². The largest absolute Gasteiger partial charge is 0.462 e. The minimum absolute atomic E-state index is 0.110. The summed E-state index contributed by atoms with van der Waals surface area (Å²) in [5.41, 5.74) is -0.596. The number of benzene rings is 1. The van der Waals surface area contributed by atoms with Gasteiger partial charge < -0.3 is 9.72 Å². The number of hydrogen-bond acceptors (Lipinski definition) is 5. The normalized spacial score (nSPS) is 11.4. The molecule has 5 nitrogen and oxygen atoms in total. The number of alkyl halides is 3. The maximum absolute atomic E-state index is 12.8. The molecule has 0 unspecified atom stereocenters. The van der Waals surface area contributed by atoms with Crippen LogP contribution in [0.25, 0.3) is 0 Å². The van der Waals surface area contributed by atoms with Crippen LogP contribution >= 0.6 is 11.8 Å². The van der Waals surface area contributed by atoms with Crippen LogP contribution < -0.4 is 5.69 Å². The average molecular weight is 372 g/mol. The molecular formula is C16H15F3N2O3S. The third-order valence-electron chi connectivity index (χ3n) is 3.20. The van der Waals surface area contributed by atoms with Crippen LogP contribution in [0.2, 0.25) is 0 Å². The van der Waals surface area contributed by atoms with Crippen molar-refractivity contribution in [2.75, 3.05) is 6.61 Å². The number of hydrogen-bond donors (Lipinski definition) is 1. The van der Waals surface area contributed by atoms with E-state index >= 15 is 0 Å². The first-order chi connectivity index (χ1) is 11.7. The number of ether oxygens (including phenoxy) is 1. The van der Waals surface area contributed by atoms with Gasteiger partial charge in [0.2, 0.25) is 0 Å². The number of aryl methyl sites for hydroxylation is 1. The van der Waals surface area contributed by atoms with Gasteiger partial charge in [0.05, 0.1) is 12.2 Å². The Hall–Kier alpha value is -2.29. The second-order valence-corrected chi connectivity index (χ2v) is 6.02. The quantitative estimate of drug-likeness (QED) is 0.494. The number of carbonyl (C=O) groups is 1. The number of aromatic amines is 1. The van der Waals surface area contributed by atoms with Gasteiger partial charge in [-0.3, -0.25) is 0 Å². The molecule has 0 aliphatic rings. The van der Waals surface area contributed by atoms with Crippen molar-refractivity contribution in [1.29, 1.82) is 0 Å². The first kappa shape index (κ1) is 19.0. The summed E-state index contributed by atoms with van der Waals surface area (Å²) in [5, 5.41) is 0.122. The molecule has 0 fully saturated rings. The third kappa shape index (κ3) is 4.85. The second-order valence-electron chi connectivity index (χ2n) is 5.05. The third-order valence-corrected chi connectivity index (χ3v) is 4.24. The molecule has 0 radical (unpaired) electrons. The lowest BCUT2D eigenvalue weighted by molar-refractivity contribution is -0.137. The van der Waals surface area contributed by atoms with Crippen LogP contribution in [-0.2, 0) is 16.7 Å². The summed E-state index contributed by atoms with van der Waals surface area (Å²) in [6, 6.07) is 4.85. The lowest BCUT2D eigenvalue weighted by atomic mass is 10.1. The molecule has 0 saturated heterocycles. The number of H-pyrrole nitrogens is 1. The van der Waals surface area contributed by atoms with E-state index in [0.29, 0.717) is 11.3 Å². The lowest BCUT2D eigenvalue weighted by Gasteiger charge is -2.11. The number of nitrogens with zero attached hydrogens (tertiary/aromatic N) is 1. The monoisotopic (exact) mass is 372 g/mol. The summed E-state index contributed by atoms with van der Waals surface area (Å²) in [6.07, 6.45) is -4.44. The maximum Gasteiger partial charge on any atom is 0.416 e. The van der Waals surface area contributed by atoms with Gasteiger partial charge >= 0.3 is 17.8 Å². The Morgan fingerprint density at radius 2 is 2.08 bits per heavy atom. The van der Waals surface area contributed by atoms with E-state index in [4.69, 9.17) is 4.74 Å². The minimum Gasteiger partial charge on any atom is -0.462 e. The van der Waals surface area contributed by atoms with Crippen molar-refractivity contribution < 1.29 is 22.7 Å². The number of esters is 1. The highest BCUT2D eigenvalue weighted by molar-refractivity contribution is 7.98. The molecule has 1 heterocycles. The van der Waals surface area contributed by atoms with Crippen LogP contribution in [0.5, 0.6) is 0 Å². The van der Waals surface area contributed by atoms with E-state index in [2.05, 4.69) is 9.97 Å². The van der Waals surface area contributed by atoms with Crippen LogP contribution in [0.15, 0.2) is 34.1 Å². The number of aromatic nitrogens is 2. The van der Waals surface area contributed by atoms with Gasteiger partial charge in [-0.2, -0.15) is 18.2 Å². The first-order valence-corrected chi connectivity index (χ1v) is 8.28. The minimum atomic E-state index is -4.44. The Kier molecular flexibility index (Phi) is 5.89. The molecule has 0 amide bonds. The SMILES string of the molecule is CCOC(=O)c1c(SCc2cccc(C(F)(F)F)c2)nc(=O)[nH]c1C. The molecule has 134 valence electrons.